The van der Waals surface area contributed by atoms with E-state index in [1.54, 1.807) is 6.08 Å². The zero-order valence-corrected chi connectivity index (χ0v) is 15.9. The zero-order chi connectivity index (χ0) is 19.6. The molecule has 0 saturated heterocycles. The van der Waals surface area contributed by atoms with Crippen LogP contribution in [0.3, 0.4) is 0 Å². The Balaban J connectivity index is 1.77. The van der Waals surface area contributed by atoms with Gasteiger partial charge in [-0.25, -0.2) is 0 Å². The van der Waals surface area contributed by atoms with Crippen molar-refractivity contribution >= 4 is 17.9 Å². The maximum atomic E-state index is 12.0. The number of benzene rings is 2. The number of ether oxygens (including phenoxy) is 1. The molecule has 0 saturated carbocycles. The molecule has 2 aromatic carbocycles. The van der Waals surface area contributed by atoms with Gasteiger partial charge in [0, 0.05) is 6.08 Å². The topological polar surface area (TPSA) is 67.4 Å². The van der Waals surface area contributed by atoms with Gasteiger partial charge in [-0.15, -0.1) is 0 Å². The van der Waals surface area contributed by atoms with E-state index in [0.717, 1.165) is 16.9 Å². The molecule has 1 atom stereocenters. The minimum absolute atomic E-state index is 0.0726. The molecule has 0 heterocycles. The van der Waals surface area contributed by atoms with Crippen LogP contribution in [0.4, 0.5) is 0 Å². The lowest BCUT2D eigenvalue weighted by atomic mass is 10.1. The summed E-state index contributed by atoms with van der Waals surface area (Å²) in [6.07, 6.45) is 3.24. The first-order chi connectivity index (χ1) is 12.9. The van der Waals surface area contributed by atoms with Gasteiger partial charge in [0.25, 0.3) is 0 Å². The van der Waals surface area contributed by atoms with Gasteiger partial charge in [-0.3, -0.25) is 9.59 Å². The molecule has 27 heavy (non-hydrogen) atoms. The molecule has 0 bridgehead atoms. The Labute approximate surface area is 160 Å². The molecule has 0 aliphatic carbocycles. The van der Waals surface area contributed by atoms with Gasteiger partial charge in [0.15, 0.2) is 0 Å². The molecule has 2 rings (SSSR count). The Hall–Kier alpha value is -3.08. The number of amides is 2. The fraction of sp³-hybridized carbons (Fsp3) is 0.273. The monoisotopic (exact) mass is 366 g/mol. The maximum Gasteiger partial charge on any atom is 0.244 e. The fourth-order valence-corrected chi connectivity index (χ4v) is 2.45. The largest absolute Gasteiger partial charge is 0.491 e. The van der Waals surface area contributed by atoms with Gasteiger partial charge in [0.2, 0.25) is 11.8 Å². The average Bonchev–Trinajstić information content (AvgIpc) is 2.65. The van der Waals surface area contributed by atoms with E-state index >= 15 is 0 Å². The minimum Gasteiger partial charge on any atom is -0.491 e. The summed E-state index contributed by atoms with van der Waals surface area (Å²) >= 11 is 0. The van der Waals surface area contributed by atoms with Gasteiger partial charge in [0.1, 0.15) is 5.75 Å². The van der Waals surface area contributed by atoms with Crippen LogP contribution < -0.4 is 15.4 Å². The Morgan fingerprint density at radius 1 is 1.00 bits per heavy atom. The SMILES string of the molecule is CC(C)Oc1ccc(C(C)NC(=O)CNC(=O)/C=C/c2ccccc2)cc1. The van der Waals surface area contributed by atoms with Crippen LogP contribution in [-0.2, 0) is 9.59 Å². The molecular weight excluding hydrogens is 340 g/mol. The van der Waals surface area contributed by atoms with E-state index in [9.17, 15) is 9.59 Å². The van der Waals surface area contributed by atoms with E-state index < -0.39 is 0 Å². The van der Waals surface area contributed by atoms with Crippen molar-refractivity contribution < 1.29 is 14.3 Å². The van der Waals surface area contributed by atoms with Crippen molar-refractivity contribution in [3.63, 3.8) is 0 Å². The highest BCUT2D eigenvalue weighted by Crippen LogP contribution is 2.18. The summed E-state index contributed by atoms with van der Waals surface area (Å²) in [5.41, 5.74) is 1.89. The summed E-state index contributed by atoms with van der Waals surface area (Å²) in [6, 6.07) is 16.9. The van der Waals surface area contributed by atoms with Gasteiger partial charge in [-0.05, 0) is 50.1 Å². The van der Waals surface area contributed by atoms with Gasteiger partial charge < -0.3 is 15.4 Å². The van der Waals surface area contributed by atoms with Gasteiger partial charge in [-0.2, -0.15) is 0 Å². The first-order valence-electron chi connectivity index (χ1n) is 9.01. The van der Waals surface area contributed by atoms with Crippen LogP contribution in [-0.4, -0.2) is 24.5 Å². The first kappa shape index (κ1) is 20.2. The second-order valence-corrected chi connectivity index (χ2v) is 6.49. The molecule has 2 aromatic rings. The van der Waals surface area contributed by atoms with Crippen LogP contribution >= 0.6 is 0 Å². The minimum atomic E-state index is -0.308. The predicted molar refractivity (Wildman–Crippen MR) is 107 cm³/mol. The van der Waals surface area contributed by atoms with Gasteiger partial charge in [-0.1, -0.05) is 42.5 Å². The standard InChI is InChI=1S/C22H26N2O3/c1-16(2)27-20-12-10-19(11-13-20)17(3)24-22(26)15-23-21(25)14-9-18-7-5-4-6-8-18/h4-14,16-17H,15H2,1-3H3,(H,23,25)(H,24,26)/b14-9+. The first-order valence-corrected chi connectivity index (χ1v) is 9.01. The molecule has 0 fully saturated rings. The third-order valence-corrected chi connectivity index (χ3v) is 3.78. The fourth-order valence-electron chi connectivity index (χ4n) is 2.45. The molecule has 5 nitrogen and oxygen atoms in total. The highest BCUT2D eigenvalue weighted by Gasteiger charge is 2.10. The predicted octanol–water partition coefficient (Wildman–Crippen LogP) is 3.48. The molecule has 2 amide bonds. The molecule has 5 heteroatoms. The molecule has 0 aromatic heterocycles. The molecule has 1 unspecified atom stereocenters. The van der Waals surface area contributed by atoms with E-state index in [2.05, 4.69) is 10.6 Å². The normalized spacial score (nSPS) is 12.0. The summed E-state index contributed by atoms with van der Waals surface area (Å²) < 4.78 is 5.61. The third kappa shape index (κ3) is 7.36. The molecule has 0 aliphatic heterocycles. The van der Waals surface area contributed by atoms with E-state index in [1.165, 1.54) is 6.08 Å². The van der Waals surface area contributed by atoms with Crippen molar-refractivity contribution in [3.8, 4) is 5.75 Å². The Kier molecular flexibility index (Phi) is 7.62. The average molecular weight is 366 g/mol. The number of rotatable bonds is 8. The molecule has 0 radical (unpaired) electrons. The summed E-state index contributed by atoms with van der Waals surface area (Å²) in [7, 11) is 0. The van der Waals surface area contributed by atoms with Crippen molar-refractivity contribution in [2.75, 3.05) is 6.54 Å². The van der Waals surface area contributed by atoms with E-state index in [1.807, 2.05) is 75.4 Å². The lowest BCUT2D eigenvalue weighted by molar-refractivity contribution is -0.124. The zero-order valence-electron chi connectivity index (χ0n) is 15.9. The van der Waals surface area contributed by atoms with Gasteiger partial charge in [0.05, 0.1) is 18.7 Å². The highest BCUT2D eigenvalue weighted by molar-refractivity contribution is 5.94. The summed E-state index contributed by atoms with van der Waals surface area (Å²) in [6.45, 7) is 5.77. The quantitative estimate of drug-likeness (QED) is 0.703. The lowest BCUT2D eigenvalue weighted by Gasteiger charge is -2.16. The number of hydrogen-bond donors (Lipinski definition) is 2. The van der Waals surface area contributed by atoms with Crippen LogP contribution in [0.25, 0.3) is 6.08 Å². The van der Waals surface area contributed by atoms with Crippen molar-refractivity contribution in [3.05, 3.63) is 71.8 Å². The van der Waals surface area contributed by atoms with Crippen molar-refractivity contribution in [2.24, 2.45) is 0 Å². The van der Waals surface area contributed by atoms with Crippen LogP contribution in [0.5, 0.6) is 5.75 Å². The molecular formula is C22H26N2O3. The molecule has 142 valence electrons. The number of carbonyl (C=O) groups excluding carboxylic acids is 2. The van der Waals surface area contributed by atoms with E-state index in [4.69, 9.17) is 4.74 Å². The summed E-state index contributed by atoms with van der Waals surface area (Å²) in [5.74, 6) is 0.244. The second-order valence-electron chi connectivity index (χ2n) is 6.49. The van der Waals surface area contributed by atoms with Crippen LogP contribution in [0.2, 0.25) is 0 Å². The smallest absolute Gasteiger partial charge is 0.244 e. The summed E-state index contributed by atoms with van der Waals surface area (Å²) in [5, 5.41) is 5.45. The maximum absolute atomic E-state index is 12.0. The van der Waals surface area contributed by atoms with Crippen molar-refractivity contribution in [1.82, 2.24) is 10.6 Å². The molecule has 0 spiro atoms. The third-order valence-electron chi connectivity index (χ3n) is 3.78. The van der Waals surface area contributed by atoms with E-state index in [-0.39, 0.29) is 30.5 Å². The van der Waals surface area contributed by atoms with Crippen LogP contribution in [0, 0.1) is 0 Å². The molecule has 0 aliphatic rings. The van der Waals surface area contributed by atoms with Crippen molar-refractivity contribution in [2.45, 2.75) is 32.9 Å². The lowest BCUT2D eigenvalue weighted by Crippen LogP contribution is -2.37. The van der Waals surface area contributed by atoms with Crippen molar-refractivity contribution in [1.29, 1.82) is 0 Å². The number of hydrogen-bond acceptors (Lipinski definition) is 3. The second kappa shape index (κ2) is 10.2. The van der Waals surface area contributed by atoms with E-state index in [0.29, 0.717) is 0 Å². The highest BCUT2D eigenvalue weighted by atomic mass is 16.5. The van der Waals surface area contributed by atoms with Crippen LogP contribution in [0.1, 0.15) is 37.9 Å². The Bertz CT molecular complexity index is 768. The van der Waals surface area contributed by atoms with Crippen LogP contribution in [0.15, 0.2) is 60.7 Å². The number of nitrogens with one attached hydrogen (secondary N) is 2. The Morgan fingerprint density at radius 3 is 2.30 bits per heavy atom. The Morgan fingerprint density at radius 2 is 1.67 bits per heavy atom. The number of carbonyl (C=O) groups is 2. The molecule has 2 N–H and O–H groups in total. The van der Waals surface area contributed by atoms with Gasteiger partial charge >= 0.3 is 0 Å². The summed E-state index contributed by atoms with van der Waals surface area (Å²) in [4.78, 5) is 23.9.